The van der Waals surface area contributed by atoms with Gasteiger partial charge in [0.1, 0.15) is 11.6 Å². The summed E-state index contributed by atoms with van der Waals surface area (Å²) < 4.78 is 13.2. The summed E-state index contributed by atoms with van der Waals surface area (Å²) in [6, 6.07) is 4.74. The average Bonchev–Trinajstić information content (AvgIpc) is 2.96. The van der Waals surface area contributed by atoms with Gasteiger partial charge in [-0.15, -0.1) is 0 Å². The lowest BCUT2D eigenvalue weighted by Crippen LogP contribution is -2.22. The van der Waals surface area contributed by atoms with Crippen LogP contribution in [-0.4, -0.2) is 5.78 Å². The molecule has 0 aliphatic heterocycles. The zero-order valence-corrected chi connectivity index (χ0v) is 10.8. The summed E-state index contributed by atoms with van der Waals surface area (Å²) in [5.41, 5.74) is 1.88. The van der Waals surface area contributed by atoms with Gasteiger partial charge < -0.3 is 0 Å². The van der Waals surface area contributed by atoms with Crippen molar-refractivity contribution in [1.29, 1.82) is 0 Å². The number of carbonyl (C=O) groups is 1. The van der Waals surface area contributed by atoms with Crippen LogP contribution in [-0.2, 0) is 11.2 Å². The molecule has 3 unspecified atom stereocenters. The van der Waals surface area contributed by atoms with Crippen molar-refractivity contribution in [2.24, 2.45) is 17.8 Å². The van der Waals surface area contributed by atoms with E-state index in [-0.39, 0.29) is 11.7 Å². The lowest BCUT2D eigenvalue weighted by Gasteiger charge is -2.20. The first kappa shape index (κ1) is 11.9. The zero-order chi connectivity index (χ0) is 12.7. The van der Waals surface area contributed by atoms with Crippen LogP contribution in [0.15, 0.2) is 18.2 Å². The molecule has 2 saturated carbocycles. The lowest BCUT2D eigenvalue weighted by atomic mass is 9.83. The summed E-state index contributed by atoms with van der Waals surface area (Å²) in [6.07, 6.45) is 5.28. The van der Waals surface area contributed by atoms with Crippen molar-refractivity contribution in [2.75, 3.05) is 0 Å². The molecule has 0 heterocycles. The van der Waals surface area contributed by atoms with Crippen molar-refractivity contribution in [2.45, 2.75) is 39.0 Å². The van der Waals surface area contributed by atoms with Gasteiger partial charge >= 0.3 is 0 Å². The molecule has 3 rings (SSSR count). The Hall–Kier alpha value is -1.18. The minimum absolute atomic E-state index is 0.239. The van der Waals surface area contributed by atoms with Gasteiger partial charge in [-0.25, -0.2) is 4.39 Å². The molecule has 0 radical (unpaired) electrons. The molecule has 0 aromatic heterocycles. The van der Waals surface area contributed by atoms with Gasteiger partial charge in [0, 0.05) is 12.3 Å². The lowest BCUT2D eigenvalue weighted by molar-refractivity contribution is -0.123. The first-order valence-corrected chi connectivity index (χ1v) is 6.91. The summed E-state index contributed by atoms with van der Waals surface area (Å²) in [6.45, 7) is 1.95. The molecule has 2 aliphatic carbocycles. The van der Waals surface area contributed by atoms with Crippen LogP contribution in [0.1, 0.15) is 36.8 Å². The highest BCUT2D eigenvalue weighted by atomic mass is 19.1. The molecule has 18 heavy (non-hydrogen) atoms. The molecule has 2 fully saturated rings. The largest absolute Gasteiger partial charge is 0.299 e. The van der Waals surface area contributed by atoms with Gasteiger partial charge in [0.05, 0.1) is 0 Å². The first-order valence-electron chi connectivity index (χ1n) is 6.91. The second-order valence-corrected chi connectivity index (χ2v) is 6.00. The molecule has 1 aromatic rings. The molecule has 0 amide bonds. The van der Waals surface area contributed by atoms with Gasteiger partial charge in [0.15, 0.2) is 0 Å². The Kier molecular flexibility index (Phi) is 2.96. The van der Waals surface area contributed by atoms with E-state index in [1.807, 2.05) is 6.92 Å². The average molecular weight is 246 g/mol. The van der Waals surface area contributed by atoms with Gasteiger partial charge in [-0.1, -0.05) is 12.5 Å². The number of Topliss-reactive ketones (excluding diaryl/α,β-unsaturated/α-hetero) is 1. The smallest absolute Gasteiger partial charge is 0.140 e. The number of aryl methyl sites for hydroxylation is 1. The van der Waals surface area contributed by atoms with E-state index in [0.29, 0.717) is 18.1 Å². The quantitative estimate of drug-likeness (QED) is 0.795. The Morgan fingerprint density at radius 1 is 1.33 bits per heavy atom. The van der Waals surface area contributed by atoms with Crippen molar-refractivity contribution >= 4 is 5.78 Å². The van der Waals surface area contributed by atoms with E-state index in [4.69, 9.17) is 0 Å². The molecule has 0 saturated heterocycles. The second-order valence-electron chi connectivity index (χ2n) is 6.00. The van der Waals surface area contributed by atoms with Crippen molar-refractivity contribution in [3.63, 3.8) is 0 Å². The number of fused-ring (bicyclic) bond motifs is 2. The summed E-state index contributed by atoms with van der Waals surface area (Å²) in [7, 11) is 0. The summed E-state index contributed by atoms with van der Waals surface area (Å²) >= 11 is 0. The zero-order valence-electron chi connectivity index (χ0n) is 10.8. The molecule has 2 bridgehead atoms. The maximum Gasteiger partial charge on any atom is 0.140 e. The number of ketones is 1. The standard InChI is InChI=1S/C16H19FO/c1-10-2-5-14(17)8-13(10)9-16(18)15-7-11-3-4-12(15)6-11/h2,5,8,11-12,15H,3-4,6-7,9H2,1H3. The monoisotopic (exact) mass is 246 g/mol. The Morgan fingerprint density at radius 3 is 2.83 bits per heavy atom. The highest BCUT2D eigenvalue weighted by molar-refractivity contribution is 5.84. The van der Waals surface area contributed by atoms with Crippen LogP contribution in [0, 0.1) is 30.5 Å². The second kappa shape index (κ2) is 4.49. The van der Waals surface area contributed by atoms with Gasteiger partial charge in [-0.3, -0.25) is 4.79 Å². The molecule has 1 nitrogen and oxygen atoms in total. The maximum atomic E-state index is 13.2. The Morgan fingerprint density at radius 2 is 2.17 bits per heavy atom. The summed E-state index contributed by atoms with van der Waals surface area (Å²) in [4.78, 5) is 12.3. The number of rotatable bonds is 3. The minimum atomic E-state index is -0.239. The van der Waals surface area contributed by atoms with E-state index in [0.717, 1.165) is 23.5 Å². The van der Waals surface area contributed by atoms with Crippen LogP contribution in [0.3, 0.4) is 0 Å². The van der Waals surface area contributed by atoms with Gasteiger partial charge in [0.25, 0.3) is 0 Å². The molecular formula is C16H19FO. The number of hydrogen-bond donors (Lipinski definition) is 0. The van der Waals surface area contributed by atoms with Crippen LogP contribution in [0.25, 0.3) is 0 Å². The normalized spacial score (nSPS) is 29.8. The van der Waals surface area contributed by atoms with Crippen molar-refractivity contribution in [3.05, 3.63) is 35.1 Å². The molecule has 3 atom stereocenters. The maximum absolute atomic E-state index is 13.2. The van der Waals surface area contributed by atoms with Crippen LogP contribution >= 0.6 is 0 Å². The summed E-state index contributed by atoms with van der Waals surface area (Å²) in [5.74, 6) is 1.76. The van der Waals surface area contributed by atoms with Crippen LogP contribution < -0.4 is 0 Å². The number of halogens is 1. The third kappa shape index (κ3) is 2.09. The van der Waals surface area contributed by atoms with E-state index in [1.165, 1.54) is 31.4 Å². The highest BCUT2D eigenvalue weighted by Crippen LogP contribution is 2.48. The highest BCUT2D eigenvalue weighted by Gasteiger charge is 2.42. The number of benzene rings is 1. The van der Waals surface area contributed by atoms with Gasteiger partial charge in [-0.05, 0) is 61.3 Å². The Bertz CT molecular complexity index is 480. The predicted octanol–water partition coefficient (Wildman–Crippen LogP) is 3.68. The Labute approximate surface area is 107 Å². The third-order valence-corrected chi connectivity index (χ3v) is 4.83. The SMILES string of the molecule is Cc1ccc(F)cc1CC(=O)C1CC2CCC1C2. The van der Waals surface area contributed by atoms with Crippen molar-refractivity contribution < 1.29 is 9.18 Å². The molecule has 2 aliphatic rings. The van der Waals surface area contributed by atoms with Crippen LogP contribution in [0.2, 0.25) is 0 Å². The van der Waals surface area contributed by atoms with E-state index in [2.05, 4.69) is 0 Å². The topological polar surface area (TPSA) is 17.1 Å². The first-order chi connectivity index (χ1) is 8.63. The molecular weight excluding hydrogens is 227 g/mol. The summed E-state index contributed by atoms with van der Waals surface area (Å²) in [5, 5.41) is 0. The fourth-order valence-corrected chi connectivity index (χ4v) is 3.79. The van der Waals surface area contributed by atoms with Crippen LogP contribution in [0.5, 0.6) is 0 Å². The van der Waals surface area contributed by atoms with E-state index < -0.39 is 0 Å². The molecule has 0 N–H and O–H groups in total. The van der Waals surface area contributed by atoms with Crippen molar-refractivity contribution in [3.8, 4) is 0 Å². The number of hydrogen-bond acceptors (Lipinski definition) is 1. The third-order valence-electron chi connectivity index (χ3n) is 4.83. The van der Waals surface area contributed by atoms with Crippen LogP contribution in [0.4, 0.5) is 4.39 Å². The molecule has 0 spiro atoms. The van der Waals surface area contributed by atoms with Gasteiger partial charge in [-0.2, -0.15) is 0 Å². The fraction of sp³-hybridized carbons (Fsp3) is 0.562. The minimum Gasteiger partial charge on any atom is -0.299 e. The predicted molar refractivity (Wildman–Crippen MR) is 68.8 cm³/mol. The molecule has 96 valence electrons. The van der Waals surface area contributed by atoms with Gasteiger partial charge in [0.2, 0.25) is 0 Å². The number of carbonyl (C=O) groups excluding carboxylic acids is 1. The molecule has 2 heteroatoms. The van der Waals surface area contributed by atoms with E-state index >= 15 is 0 Å². The Balaban J connectivity index is 1.72. The van der Waals surface area contributed by atoms with E-state index in [1.54, 1.807) is 6.07 Å². The fourth-order valence-electron chi connectivity index (χ4n) is 3.79. The molecule has 1 aromatic carbocycles. The van der Waals surface area contributed by atoms with E-state index in [9.17, 15) is 9.18 Å². The van der Waals surface area contributed by atoms with Crippen molar-refractivity contribution in [1.82, 2.24) is 0 Å².